The number of hydrogen-bond donors (Lipinski definition) is 3. The maximum Gasteiger partial charge on any atom is 0.161 e. The summed E-state index contributed by atoms with van der Waals surface area (Å²) in [6.45, 7) is 3.67. The Morgan fingerprint density at radius 3 is 2.94 bits per heavy atom. The van der Waals surface area contributed by atoms with Gasteiger partial charge in [0.1, 0.15) is 0 Å². The maximum atomic E-state index is 10.0. The Bertz CT molecular complexity index is 443. The highest BCUT2D eigenvalue weighted by atomic mass is 16.5. The van der Waals surface area contributed by atoms with E-state index in [2.05, 4.69) is 6.58 Å². The number of fused-ring (bicyclic) bond motifs is 1. The van der Waals surface area contributed by atoms with Crippen LogP contribution in [0.1, 0.15) is 17.5 Å². The Balaban J connectivity index is 2.10. The Morgan fingerprint density at radius 2 is 2.24 bits per heavy atom. The summed E-state index contributed by atoms with van der Waals surface area (Å²) in [5, 5.41) is 19.0. The number of nitrogens with two attached hydrogens (primary N) is 1. The fraction of sp³-hybridized carbons (Fsp3) is 0.385. The summed E-state index contributed by atoms with van der Waals surface area (Å²) in [5.74, 6) is 0.700. The first-order valence-electron chi connectivity index (χ1n) is 5.66. The molecule has 0 aliphatic heterocycles. The zero-order valence-corrected chi connectivity index (χ0v) is 9.65. The summed E-state index contributed by atoms with van der Waals surface area (Å²) in [5.41, 5.74) is 7.83. The summed E-state index contributed by atoms with van der Waals surface area (Å²) in [4.78, 5) is 0. The third-order valence-corrected chi connectivity index (χ3v) is 2.94. The normalized spacial score (nSPS) is 17.8. The lowest BCUT2D eigenvalue weighted by atomic mass is 10.1. The van der Waals surface area contributed by atoms with Crippen LogP contribution in [0.3, 0.4) is 0 Å². The van der Waals surface area contributed by atoms with E-state index < -0.39 is 0 Å². The van der Waals surface area contributed by atoms with Gasteiger partial charge >= 0.3 is 0 Å². The third-order valence-electron chi connectivity index (χ3n) is 2.94. The van der Waals surface area contributed by atoms with E-state index in [1.807, 2.05) is 6.07 Å². The lowest BCUT2D eigenvalue weighted by Crippen LogP contribution is -2.19. The maximum absolute atomic E-state index is 10.0. The van der Waals surface area contributed by atoms with Crippen LogP contribution < -0.4 is 10.5 Å². The second-order valence-electron chi connectivity index (χ2n) is 4.38. The Labute approximate surface area is 100 Å². The molecular weight excluding hydrogens is 218 g/mol. The molecule has 4 N–H and O–H groups in total. The number of phenolic OH excluding ortho intramolecular Hbond substituents is 1. The highest BCUT2D eigenvalue weighted by molar-refractivity contribution is 5.52. The molecule has 1 aliphatic rings. The number of aliphatic hydroxyl groups excluding tert-OH is 1. The van der Waals surface area contributed by atoms with Gasteiger partial charge in [0.15, 0.2) is 11.5 Å². The van der Waals surface area contributed by atoms with Crippen molar-refractivity contribution in [2.75, 3.05) is 6.61 Å². The Morgan fingerprint density at radius 1 is 1.47 bits per heavy atom. The standard InChI is InChI=1S/C13H17NO3/c1-8(15)4-5-17-12-3-2-9-6-10(14)7-11(9)13(12)16/h2-3,10,15-16H,1,4-7,14H2. The number of aromatic hydroxyl groups is 1. The molecule has 1 atom stereocenters. The van der Waals surface area contributed by atoms with Gasteiger partial charge in [-0.15, -0.1) is 0 Å². The van der Waals surface area contributed by atoms with E-state index in [4.69, 9.17) is 15.6 Å². The molecule has 0 bridgehead atoms. The highest BCUT2D eigenvalue weighted by Crippen LogP contribution is 2.37. The van der Waals surface area contributed by atoms with Crippen molar-refractivity contribution in [1.82, 2.24) is 0 Å². The molecular formula is C13H17NO3. The van der Waals surface area contributed by atoms with Crippen LogP contribution in [-0.2, 0) is 12.8 Å². The number of aliphatic hydroxyl groups is 1. The molecule has 1 aromatic rings. The summed E-state index contributed by atoms with van der Waals surface area (Å²) in [6, 6.07) is 3.76. The first-order chi connectivity index (χ1) is 8.08. The molecule has 0 saturated heterocycles. The van der Waals surface area contributed by atoms with Gasteiger partial charge in [-0.1, -0.05) is 12.6 Å². The third kappa shape index (κ3) is 2.53. The van der Waals surface area contributed by atoms with Crippen molar-refractivity contribution in [3.8, 4) is 11.5 Å². The Kier molecular flexibility index (Phi) is 3.24. The second kappa shape index (κ2) is 4.67. The molecule has 0 heterocycles. The monoisotopic (exact) mass is 235 g/mol. The summed E-state index contributed by atoms with van der Waals surface area (Å²) < 4.78 is 5.40. The van der Waals surface area contributed by atoms with E-state index in [-0.39, 0.29) is 17.6 Å². The van der Waals surface area contributed by atoms with Gasteiger partial charge in [0.2, 0.25) is 0 Å². The predicted molar refractivity (Wildman–Crippen MR) is 65.4 cm³/mol. The van der Waals surface area contributed by atoms with Crippen molar-refractivity contribution in [2.24, 2.45) is 5.73 Å². The van der Waals surface area contributed by atoms with Gasteiger partial charge in [0.05, 0.1) is 12.4 Å². The van der Waals surface area contributed by atoms with E-state index in [1.165, 1.54) is 0 Å². The van der Waals surface area contributed by atoms with Gasteiger partial charge in [0, 0.05) is 18.0 Å². The molecule has 2 rings (SSSR count). The van der Waals surface area contributed by atoms with Gasteiger partial charge in [-0.25, -0.2) is 0 Å². The predicted octanol–water partition coefficient (Wildman–Crippen LogP) is 1.66. The van der Waals surface area contributed by atoms with E-state index in [9.17, 15) is 5.11 Å². The molecule has 0 fully saturated rings. The number of benzene rings is 1. The average molecular weight is 235 g/mol. The molecule has 0 saturated carbocycles. The number of hydrogen-bond acceptors (Lipinski definition) is 4. The van der Waals surface area contributed by atoms with Crippen LogP contribution in [0.15, 0.2) is 24.5 Å². The summed E-state index contributed by atoms with van der Waals surface area (Å²) in [6.07, 6.45) is 1.84. The van der Waals surface area contributed by atoms with Crippen LogP contribution in [0.4, 0.5) is 0 Å². The average Bonchev–Trinajstić information content (AvgIpc) is 2.63. The molecule has 0 amide bonds. The first kappa shape index (κ1) is 11.8. The zero-order chi connectivity index (χ0) is 12.4. The summed E-state index contributed by atoms with van der Waals surface area (Å²) >= 11 is 0. The molecule has 1 aromatic carbocycles. The van der Waals surface area contributed by atoms with Gasteiger partial charge in [0.25, 0.3) is 0 Å². The topological polar surface area (TPSA) is 75.7 Å². The first-order valence-corrected chi connectivity index (χ1v) is 5.66. The molecule has 4 nitrogen and oxygen atoms in total. The quantitative estimate of drug-likeness (QED) is 0.694. The van der Waals surface area contributed by atoms with Crippen molar-refractivity contribution in [2.45, 2.75) is 25.3 Å². The van der Waals surface area contributed by atoms with Crippen molar-refractivity contribution >= 4 is 0 Å². The number of phenols is 1. The van der Waals surface area contributed by atoms with Gasteiger partial charge < -0.3 is 20.7 Å². The van der Waals surface area contributed by atoms with Crippen LogP contribution in [-0.4, -0.2) is 22.9 Å². The Hall–Kier alpha value is -1.68. The van der Waals surface area contributed by atoms with Gasteiger partial charge in [-0.2, -0.15) is 0 Å². The minimum absolute atomic E-state index is 0.0765. The van der Waals surface area contributed by atoms with Crippen LogP contribution in [0.25, 0.3) is 0 Å². The van der Waals surface area contributed by atoms with Crippen LogP contribution in [0.5, 0.6) is 11.5 Å². The molecule has 92 valence electrons. The summed E-state index contributed by atoms with van der Waals surface area (Å²) in [7, 11) is 0. The fourth-order valence-electron chi connectivity index (χ4n) is 2.09. The smallest absolute Gasteiger partial charge is 0.161 e. The molecule has 4 heteroatoms. The molecule has 0 aromatic heterocycles. The van der Waals surface area contributed by atoms with Crippen LogP contribution in [0, 0.1) is 0 Å². The molecule has 0 spiro atoms. The molecule has 1 aliphatic carbocycles. The van der Waals surface area contributed by atoms with Crippen molar-refractivity contribution < 1.29 is 14.9 Å². The van der Waals surface area contributed by atoms with E-state index >= 15 is 0 Å². The van der Waals surface area contributed by atoms with E-state index in [0.717, 1.165) is 17.5 Å². The number of rotatable bonds is 4. The highest BCUT2D eigenvalue weighted by Gasteiger charge is 2.23. The SMILES string of the molecule is C=C(O)CCOc1ccc2c(c1O)CC(N)C2. The second-order valence-corrected chi connectivity index (χ2v) is 4.38. The van der Waals surface area contributed by atoms with Gasteiger partial charge in [-0.05, 0) is 24.5 Å². The zero-order valence-electron chi connectivity index (χ0n) is 9.65. The largest absolute Gasteiger partial charge is 0.513 e. The van der Waals surface area contributed by atoms with Crippen LogP contribution >= 0.6 is 0 Å². The minimum Gasteiger partial charge on any atom is -0.513 e. The molecule has 1 unspecified atom stereocenters. The minimum atomic E-state index is 0.0765. The van der Waals surface area contributed by atoms with Crippen molar-refractivity contribution in [3.05, 3.63) is 35.6 Å². The lowest BCUT2D eigenvalue weighted by molar-refractivity contribution is 0.275. The van der Waals surface area contributed by atoms with E-state index in [1.54, 1.807) is 6.07 Å². The fourth-order valence-corrected chi connectivity index (χ4v) is 2.09. The van der Waals surface area contributed by atoms with Crippen molar-refractivity contribution in [1.29, 1.82) is 0 Å². The lowest BCUT2D eigenvalue weighted by Gasteiger charge is -2.10. The van der Waals surface area contributed by atoms with E-state index in [0.29, 0.717) is 25.2 Å². The van der Waals surface area contributed by atoms with Crippen LogP contribution in [0.2, 0.25) is 0 Å². The number of ether oxygens (including phenoxy) is 1. The van der Waals surface area contributed by atoms with Crippen molar-refractivity contribution in [3.63, 3.8) is 0 Å². The molecule has 17 heavy (non-hydrogen) atoms. The molecule has 0 radical (unpaired) electrons. The van der Waals surface area contributed by atoms with Gasteiger partial charge in [-0.3, -0.25) is 0 Å².